The lowest BCUT2D eigenvalue weighted by Gasteiger charge is -2.03. The van der Waals surface area contributed by atoms with Gasteiger partial charge in [-0.2, -0.15) is 0 Å². The molecule has 88 valence electrons. The van der Waals surface area contributed by atoms with Crippen LogP contribution in [0.25, 0.3) is 0 Å². The monoisotopic (exact) mass is 254 g/mol. The summed E-state index contributed by atoms with van der Waals surface area (Å²) in [7, 11) is 0. The van der Waals surface area contributed by atoms with Gasteiger partial charge in [0.1, 0.15) is 0 Å². The second kappa shape index (κ2) is 10.0. The van der Waals surface area contributed by atoms with E-state index in [1.54, 1.807) is 0 Å². The Labute approximate surface area is 94.4 Å². The van der Waals surface area contributed by atoms with E-state index in [-0.39, 0.29) is 25.6 Å². The van der Waals surface area contributed by atoms with Crippen molar-refractivity contribution in [1.82, 2.24) is 0 Å². The lowest BCUT2D eigenvalue weighted by atomic mass is 10.7. The minimum Gasteiger partial charge on any atom is -0.409 e. The first-order chi connectivity index (χ1) is 7.20. The van der Waals surface area contributed by atoms with E-state index in [9.17, 15) is 8.42 Å². The van der Waals surface area contributed by atoms with Crippen molar-refractivity contribution in [2.24, 2.45) is 0 Å². The molecule has 0 aromatic rings. The molecule has 0 radical (unpaired) electrons. The third-order valence-electron chi connectivity index (χ3n) is 1.13. The van der Waals surface area contributed by atoms with Gasteiger partial charge in [0, 0.05) is 5.41 Å². The van der Waals surface area contributed by atoms with E-state index < -0.39 is 22.2 Å². The van der Waals surface area contributed by atoms with Crippen LogP contribution in [0.15, 0.2) is 24.8 Å². The van der Waals surface area contributed by atoms with Crippen LogP contribution in [-0.2, 0) is 35.3 Å². The maximum atomic E-state index is 10.9. The van der Waals surface area contributed by atoms with Gasteiger partial charge in [0.15, 0.2) is 11.1 Å². The summed E-state index contributed by atoms with van der Waals surface area (Å²) in [6.07, 6.45) is 1.12. The highest BCUT2D eigenvalue weighted by atomic mass is 32.2. The van der Waals surface area contributed by atoms with Crippen LogP contribution in [0.2, 0.25) is 0 Å². The molecule has 2 atom stereocenters. The first kappa shape index (κ1) is 14.5. The molecule has 0 bridgehead atoms. The number of hydrogen-bond donors (Lipinski definition) is 0. The smallest absolute Gasteiger partial charge is 0.208 e. The quantitative estimate of drug-likeness (QED) is 0.423. The largest absolute Gasteiger partial charge is 0.409 e. The van der Waals surface area contributed by atoms with Crippen LogP contribution < -0.4 is 0 Å². The number of hydrogen-bond acceptors (Lipinski definition) is 5. The van der Waals surface area contributed by atoms with E-state index in [0.717, 1.165) is 6.26 Å². The average molecular weight is 254 g/mol. The second-order valence-corrected chi connectivity index (χ2v) is 4.43. The van der Waals surface area contributed by atoms with Crippen molar-refractivity contribution in [2.75, 3.05) is 25.6 Å². The standard InChI is InChI=1S/C8H14O5S2/c1-3-12-15(10)8-7-11-5-6-13-14(9)4-2/h3-4H,1-2,5-8H2. The molecule has 0 spiro atoms. The Morgan fingerprint density at radius 3 is 2.47 bits per heavy atom. The molecule has 0 amide bonds. The van der Waals surface area contributed by atoms with Crippen LogP contribution in [0.4, 0.5) is 0 Å². The fraction of sp³-hybridized carbons (Fsp3) is 0.500. The molecule has 0 aromatic heterocycles. The van der Waals surface area contributed by atoms with Crippen LogP contribution >= 0.6 is 0 Å². The predicted octanol–water partition coefficient (Wildman–Crippen LogP) is 0.651. The highest BCUT2D eigenvalue weighted by molar-refractivity contribution is 7.83. The molecular weight excluding hydrogens is 240 g/mol. The highest BCUT2D eigenvalue weighted by Gasteiger charge is 1.98. The third kappa shape index (κ3) is 9.80. The zero-order chi connectivity index (χ0) is 11.5. The molecule has 0 aromatic carbocycles. The van der Waals surface area contributed by atoms with Crippen molar-refractivity contribution in [3.63, 3.8) is 0 Å². The molecule has 2 unspecified atom stereocenters. The molecule has 0 aliphatic carbocycles. The molecule has 15 heavy (non-hydrogen) atoms. The molecule has 7 heteroatoms. The predicted molar refractivity (Wildman–Crippen MR) is 59.4 cm³/mol. The summed E-state index contributed by atoms with van der Waals surface area (Å²) in [6.45, 7) is 7.32. The van der Waals surface area contributed by atoms with Crippen molar-refractivity contribution in [1.29, 1.82) is 0 Å². The minimum atomic E-state index is -1.46. The Morgan fingerprint density at radius 2 is 1.87 bits per heavy atom. The third-order valence-corrected chi connectivity index (χ3v) is 2.65. The van der Waals surface area contributed by atoms with Crippen molar-refractivity contribution in [3.8, 4) is 0 Å². The zero-order valence-corrected chi connectivity index (χ0v) is 9.89. The van der Waals surface area contributed by atoms with Crippen LogP contribution in [0.5, 0.6) is 0 Å². The van der Waals surface area contributed by atoms with Crippen LogP contribution in [0, 0.1) is 0 Å². The van der Waals surface area contributed by atoms with Crippen LogP contribution in [0.3, 0.4) is 0 Å². The molecule has 0 heterocycles. The lowest BCUT2D eigenvalue weighted by Crippen LogP contribution is -2.10. The number of rotatable bonds is 10. The molecule has 0 aliphatic rings. The van der Waals surface area contributed by atoms with Gasteiger partial charge in [0.25, 0.3) is 0 Å². The van der Waals surface area contributed by atoms with Crippen LogP contribution in [-0.4, -0.2) is 34.0 Å². The van der Waals surface area contributed by atoms with E-state index in [1.807, 2.05) is 0 Å². The summed E-state index contributed by atoms with van der Waals surface area (Å²) in [5, 5.41) is 1.19. The van der Waals surface area contributed by atoms with E-state index in [2.05, 4.69) is 17.3 Å². The Morgan fingerprint density at radius 1 is 1.13 bits per heavy atom. The van der Waals surface area contributed by atoms with Crippen molar-refractivity contribution in [2.45, 2.75) is 0 Å². The number of ether oxygens (including phenoxy) is 1. The Hall–Kier alpha value is -0.500. The van der Waals surface area contributed by atoms with Gasteiger partial charge in [0.2, 0.25) is 11.1 Å². The summed E-state index contributed by atoms with van der Waals surface area (Å²) in [5.41, 5.74) is 0. The van der Waals surface area contributed by atoms with Gasteiger partial charge in [-0.05, 0) is 0 Å². The first-order valence-electron chi connectivity index (χ1n) is 4.11. The fourth-order valence-corrected chi connectivity index (χ4v) is 1.41. The summed E-state index contributed by atoms with van der Waals surface area (Å²) in [6, 6.07) is 0. The van der Waals surface area contributed by atoms with Gasteiger partial charge in [-0.15, -0.1) is 0 Å². The molecule has 0 rings (SSSR count). The van der Waals surface area contributed by atoms with Gasteiger partial charge in [-0.25, -0.2) is 8.42 Å². The van der Waals surface area contributed by atoms with E-state index in [4.69, 9.17) is 8.92 Å². The summed E-state index contributed by atoms with van der Waals surface area (Å²) < 4.78 is 35.9. The fourth-order valence-electron chi connectivity index (χ4n) is 0.576. The zero-order valence-electron chi connectivity index (χ0n) is 8.26. The minimum absolute atomic E-state index is 0.202. The molecule has 0 saturated heterocycles. The van der Waals surface area contributed by atoms with Crippen molar-refractivity contribution >= 4 is 22.2 Å². The summed E-state index contributed by atoms with van der Waals surface area (Å²) in [5.74, 6) is 0.260. The summed E-state index contributed by atoms with van der Waals surface area (Å²) in [4.78, 5) is 0. The molecular formula is C8H14O5S2. The van der Waals surface area contributed by atoms with E-state index >= 15 is 0 Å². The van der Waals surface area contributed by atoms with Gasteiger partial charge in [-0.1, -0.05) is 13.2 Å². The maximum absolute atomic E-state index is 10.9. The second-order valence-electron chi connectivity index (χ2n) is 2.13. The SMILES string of the molecule is C=COS(=O)CCOCCOS(=O)C=C. The van der Waals surface area contributed by atoms with Gasteiger partial charge in [0.05, 0.1) is 31.8 Å². The lowest BCUT2D eigenvalue weighted by molar-refractivity contribution is 0.116. The van der Waals surface area contributed by atoms with E-state index in [0.29, 0.717) is 0 Å². The molecule has 0 N–H and O–H groups in total. The maximum Gasteiger partial charge on any atom is 0.208 e. The first-order valence-corrected chi connectivity index (χ1v) is 6.49. The molecule has 0 aliphatic heterocycles. The molecule has 0 fully saturated rings. The summed E-state index contributed by atoms with van der Waals surface area (Å²) >= 11 is -2.85. The average Bonchev–Trinajstić information content (AvgIpc) is 2.23. The molecule has 5 nitrogen and oxygen atoms in total. The Balaban J connectivity index is 3.24. The highest BCUT2D eigenvalue weighted by Crippen LogP contribution is 1.89. The Kier molecular flexibility index (Phi) is 9.70. The van der Waals surface area contributed by atoms with Crippen molar-refractivity contribution in [3.05, 3.63) is 24.8 Å². The molecule has 0 saturated carbocycles. The van der Waals surface area contributed by atoms with E-state index in [1.165, 1.54) is 5.41 Å². The van der Waals surface area contributed by atoms with Gasteiger partial charge < -0.3 is 8.92 Å². The Bertz CT molecular complexity index is 241. The topological polar surface area (TPSA) is 61.8 Å². The van der Waals surface area contributed by atoms with Gasteiger partial charge >= 0.3 is 0 Å². The van der Waals surface area contributed by atoms with Gasteiger partial charge in [-0.3, -0.25) is 4.18 Å². The van der Waals surface area contributed by atoms with Crippen molar-refractivity contribution < 1.29 is 21.5 Å². The van der Waals surface area contributed by atoms with Crippen LogP contribution in [0.1, 0.15) is 0 Å². The normalized spacial score (nSPS) is 14.1.